The van der Waals surface area contributed by atoms with Crippen LogP contribution in [0.2, 0.25) is 0 Å². The fourth-order valence-corrected chi connectivity index (χ4v) is 4.09. The molecule has 31 heavy (non-hydrogen) atoms. The van der Waals surface area contributed by atoms with Crippen molar-refractivity contribution in [3.8, 4) is 0 Å². The Bertz CT molecular complexity index is 691. The van der Waals surface area contributed by atoms with E-state index in [1.165, 1.54) is 44.9 Å². The Labute approximate surface area is 188 Å². The van der Waals surface area contributed by atoms with Crippen LogP contribution in [0, 0.1) is 5.92 Å². The maximum atomic E-state index is 12.4. The predicted molar refractivity (Wildman–Crippen MR) is 129 cm³/mol. The Balaban J connectivity index is 1.66. The summed E-state index contributed by atoms with van der Waals surface area (Å²) in [5.41, 5.74) is 5.17. The van der Waals surface area contributed by atoms with Gasteiger partial charge >= 0.3 is 0 Å². The number of nitrogens with zero attached hydrogens (tertiary/aromatic N) is 1. The highest BCUT2D eigenvalue weighted by molar-refractivity contribution is 6.00. The Morgan fingerprint density at radius 2 is 1.52 bits per heavy atom. The highest BCUT2D eigenvalue weighted by Crippen LogP contribution is 2.25. The van der Waals surface area contributed by atoms with Gasteiger partial charge in [-0.25, -0.2) is 5.43 Å². The molecule has 5 nitrogen and oxygen atoms in total. The topological polar surface area (TPSA) is 70.6 Å². The van der Waals surface area contributed by atoms with Gasteiger partial charge in [0.05, 0.1) is 5.71 Å². The van der Waals surface area contributed by atoms with Crippen molar-refractivity contribution in [2.45, 2.75) is 104 Å². The first kappa shape index (κ1) is 25.1. The van der Waals surface area contributed by atoms with Gasteiger partial charge in [-0.05, 0) is 43.9 Å². The van der Waals surface area contributed by atoms with Gasteiger partial charge in [-0.2, -0.15) is 5.10 Å². The van der Waals surface area contributed by atoms with Crippen LogP contribution in [-0.2, 0) is 9.59 Å². The summed E-state index contributed by atoms with van der Waals surface area (Å²) >= 11 is 0. The molecule has 5 heteroatoms. The maximum Gasteiger partial charge on any atom is 0.240 e. The van der Waals surface area contributed by atoms with Crippen LogP contribution in [0.5, 0.6) is 0 Å². The normalized spacial score (nSPS) is 15.0. The van der Waals surface area contributed by atoms with E-state index < -0.39 is 0 Å². The number of hydrogen-bond acceptors (Lipinski definition) is 3. The van der Waals surface area contributed by atoms with E-state index in [4.69, 9.17) is 0 Å². The minimum Gasteiger partial charge on any atom is -0.326 e. The summed E-state index contributed by atoms with van der Waals surface area (Å²) in [7, 11) is 0. The summed E-state index contributed by atoms with van der Waals surface area (Å²) in [4.78, 5) is 24.4. The van der Waals surface area contributed by atoms with E-state index in [9.17, 15) is 9.59 Å². The van der Waals surface area contributed by atoms with Crippen LogP contribution in [0.1, 0.15) is 109 Å². The van der Waals surface area contributed by atoms with Gasteiger partial charge in [-0.3, -0.25) is 9.59 Å². The van der Waals surface area contributed by atoms with Crippen molar-refractivity contribution in [2.24, 2.45) is 11.0 Å². The zero-order chi connectivity index (χ0) is 22.3. The molecule has 1 saturated carbocycles. The third kappa shape index (κ3) is 10.1. The number of carbonyl (C=O) groups is 2. The molecule has 0 unspecified atom stereocenters. The zero-order valence-corrected chi connectivity index (χ0v) is 19.5. The number of unbranched alkanes of at least 4 members (excludes halogenated alkanes) is 7. The second kappa shape index (κ2) is 14.8. The van der Waals surface area contributed by atoms with Crippen LogP contribution in [-0.4, -0.2) is 17.5 Å². The molecule has 1 aliphatic rings. The molecule has 0 aliphatic heterocycles. The van der Waals surface area contributed by atoms with Crippen LogP contribution >= 0.6 is 0 Å². The molecule has 0 spiro atoms. The second-order valence-electron chi connectivity index (χ2n) is 8.86. The Hall–Kier alpha value is -2.17. The summed E-state index contributed by atoms with van der Waals surface area (Å²) in [5.74, 6) is 0.251. The summed E-state index contributed by atoms with van der Waals surface area (Å²) in [6.45, 7) is 4.11. The van der Waals surface area contributed by atoms with E-state index in [1.54, 1.807) is 0 Å². The zero-order valence-electron chi connectivity index (χ0n) is 19.5. The first-order chi connectivity index (χ1) is 15.1. The Morgan fingerprint density at radius 1 is 0.903 bits per heavy atom. The largest absolute Gasteiger partial charge is 0.326 e. The molecule has 0 aromatic heterocycles. The number of rotatable bonds is 13. The Kier molecular flexibility index (Phi) is 12.0. The summed E-state index contributed by atoms with van der Waals surface area (Å²) in [6, 6.07) is 7.66. The maximum absolute atomic E-state index is 12.4. The van der Waals surface area contributed by atoms with Gasteiger partial charge in [0.25, 0.3) is 0 Å². The van der Waals surface area contributed by atoms with Gasteiger partial charge in [0.2, 0.25) is 11.8 Å². The average molecular weight is 428 g/mol. The van der Waals surface area contributed by atoms with Gasteiger partial charge in [0, 0.05) is 18.0 Å². The fourth-order valence-electron chi connectivity index (χ4n) is 4.09. The molecule has 0 bridgehead atoms. The van der Waals surface area contributed by atoms with Gasteiger partial charge in [-0.15, -0.1) is 0 Å². The van der Waals surface area contributed by atoms with Crippen molar-refractivity contribution < 1.29 is 9.59 Å². The molecule has 0 heterocycles. The van der Waals surface area contributed by atoms with Crippen LogP contribution in [0.15, 0.2) is 29.4 Å². The first-order valence-corrected chi connectivity index (χ1v) is 12.3. The lowest BCUT2D eigenvalue weighted by molar-refractivity contribution is -0.121. The van der Waals surface area contributed by atoms with E-state index in [0.717, 1.165) is 55.5 Å². The fraction of sp³-hybridized carbons (Fsp3) is 0.654. The van der Waals surface area contributed by atoms with Crippen molar-refractivity contribution in [2.75, 3.05) is 5.32 Å². The molecule has 1 aromatic carbocycles. The van der Waals surface area contributed by atoms with E-state index in [2.05, 4.69) is 22.8 Å². The number of hydrazone groups is 1. The standard InChI is InChI=1S/C26H41N3O2/c1-3-4-5-6-7-8-9-13-16-25(30)29-28-21(2)22-17-19-24(20-18-22)27-26(31)23-14-11-10-12-15-23/h17-20,23H,3-16H2,1-2H3,(H,27,31)(H,29,30)/b28-21-. The van der Waals surface area contributed by atoms with Crippen LogP contribution in [0.3, 0.4) is 0 Å². The molecule has 2 rings (SSSR count). The predicted octanol–water partition coefficient (Wildman–Crippen LogP) is 6.58. The average Bonchev–Trinajstić information content (AvgIpc) is 2.80. The van der Waals surface area contributed by atoms with E-state index in [-0.39, 0.29) is 17.7 Å². The van der Waals surface area contributed by atoms with Crippen molar-refractivity contribution >= 4 is 23.2 Å². The van der Waals surface area contributed by atoms with Gasteiger partial charge in [0.15, 0.2) is 0 Å². The minimum absolute atomic E-state index is 0.0262. The highest BCUT2D eigenvalue weighted by Gasteiger charge is 2.20. The SMILES string of the molecule is CCCCCCCCCCC(=O)N/N=C(/C)c1ccc(NC(=O)C2CCCCC2)cc1. The van der Waals surface area contributed by atoms with Crippen LogP contribution < -0.4 is 10.7 Å². The number of nitrogens with one attached hydrogen (secondary N) is 2. The number of anilines is 1. The number of benzene rings is 1. The second-order valence-corrected chi connectivity index (χ2v) is 8.86. The molecular formula is C26H41N3O2. The molecular weight excluding hydrogens is 386 g/mol. The molecule has 1 aromatic rings. The smallest absolute Gasteiger partial charge is 0.240 e. The van der Waals surface area contributed by atoms with E-state index >= 15 is 0 Å². The minimum atomic E-state index is -0.0262. The monoisotopic (exact) mass is 427 g/mol. The molecule has 172 valence electrons. The number of carbonyl (C=O) groups excluding carboxylic acids is 2. The quantitative estimate of drug-likeness (QED) is 0.212. The lowest BCUT2D eigenvalue weighted by Crippen LogP contribution is -2.24. The third-order valence-electron chi connectivity index (χ3n) is 6.15. The Morgan fingerprint density at radius 3 is 2.16 bits per heavy atom. The first-order valence-electron chi connectivity index (χ1n) is 12.3. The molecule has 0 atom stereocenters. The van der Waals surface area contributed by atoms with Gasteiger partial charge in [0.1, 0.15) is 0 Å². The number of amides is 2. The lowest BCUT2D eigenvalue weighted by Gasteiger charge is -2.20. The van der Waals surface area contributed by atoms with Crippen LogP contribution in [0.4, 0.5) is 5.69 Å². The van der Waals surface area contributed by atoms with Crippen molar-refractivity contribution in [3.63, 3.8) is 0 Å². The molecule has 1 fully saturated rings. The van der Waals surface area contributed by atoms with E-state index in [1.807, 2.05) is 31.2 Å². The lowest BCUT2D eigenvalue weighted by atomic mass is 9.88. The summed E-state index contributed by atoms with van der Waals surface area (Å²) in [5, 5.41) is 7.26. The number of hydrogen-bond donors (Lipinski definition) is 2. The molecule has 2 N–H and O–H groups in total. The molecule has 0 radical (unpaired) electrons. The summed E-state index contributed by atoms with van der Waals surface area (Å²) in [6.07, 6.45) is 15.8. The van der Waals surface area contributed by atoms with Crippen molar-refractivity contribution in [1.29, 1.82) is 0 Å². The van der Waals surface area contributed by atoms with Crippen LogP contribution in [0.25, 0.3) is 0 Å². The van der Waals surface area contributed by atoms with Gasteiger partial charge in [-0.1, -0.05) is 83.3 Å². The van der Waals surface area contributed by atoms with Crippen molar-refractivity contribution in [3.05, 3.63) is 29.8 Å². The molecule has 1 aliphatic carbocycles. The molecule has 0 saturated heterocycles. The van der Waals surface area contributed by atoms with E-state index in [0.29, 0.717) is 6.42 Å². The summed E-state index contributed by atoms with van der Waals surface area (Å²) < 4.78 is 0. The highest BCUT2D eigenvalue weighted by atomic mass is 16.2. The van der Waals surface area contributed by atoms with Gasteiger partial charge < -0.3 is 5.32 Å². The molecule has 2 amide bonds. The van der Waals surface area contributed by atoms with Crippen molar-refractivity contribution in [1.82, 2.24) is 5.43 Å². The third-order valence-corrected chi connectivity index (χ3v) is 6.15.